The van der Waals surface area contributed by atoms with Gasteiger partial charge in [0.2, 0.25) is 0 Å². The Hall–Kier alpha value is -2.56. The Bertz CT molecular complexity index is 2120. The fourth-order valence-electron chi connectivity index (χ4n) is 12.5. The van der Waals surface area contributed by atoms with Gasteiger partial charge in [-0.05, 0) is 70.6 Å². The molecular formula is C73H133O24P. The minimum absolute atomic E-state index is 0.0225. The molecule has 0 spiro atoms. The molecule has 11 N–H and O–H groups in total. The summed E-state index contributed by atoms with van der Waals surface area (Å²) in [5.41, 5.74) is 0. The zero-order valence-corrected chi connectivity index (χ0v) is 60.7. The predicted molar refractivity (Wildman–Crippen MR) is 370 cm³/mol. The van der Waals surface area contributed by atoms with E-state index in [4.69, 9.17) is 42.2 Å². The molecule has 3 fully saturated rings. The summed E-state index contributed by atoms with van der Waals surface area (Å²) in [6, 6.07) is 0. The highest BCUT2D eigenvalue weighted by atomic mass is 31.2. The number of allylic oxidation sites excluding steroid dienone is 4. The molecule has 0 radical (unpaired) electrons. The zero-order valence-electron chi connectivity index (χ0n) is 59.8. The number of phosphoric acid groups is 1. The molecule has 2 aliphatic heterocycles. The van der Waals surface area contributed by atoms with Gasteiger partial charge in [-0.2, -0.15) is 0 Å². The molecule has 1 aliphatic carbocycles. The van der Waals surface area contributed by atoms with Crippen molar-refractivity contribution in [2.24, 2.45) is 0 Å². The van der Waals surface area contributed by atoms with E-state index in [2.05, 4.69) is 45.1 Å². The van der Waals surface area contributed by atoms with Crippen molar-refractivity contribution in [3.8, 4) is 0 Å². The van der Waals surface area contributed by atoms with E-state index in [1.54, 1.807) is 0 Å². The molecule has 25 heteroatoms. The van der Waals surface area contributed by atoms with Crippen LogP contribution in [0.1, 0.15) is 290 Å². The Kier molecular flexibility index (Phi) is 50.3. The van der Waals surface area contributed by atoms with Crippen LogP contribution in [0.4, 0.5) is 0 Å². The average molecular weight is 1430 g/mol. The smallest absolute Gasteiger partial charge is 0.463 e. The Morgan fingerprint density at radius 2 is 0.714 bits per heavy atom. The molecule has 18 unspecified atom stereocenters. The van der Waals surface area contributed by atoms with E-state index < -0.39 is 156 Å². The molecule has 24 nitrogen and oxygen atoms in total. The minimum atomic E-state index is -5.70. The van der Waals surface area contributed by atoms with Gasteiger partial charge in [0.15, 0.2) is 18.7 Å². The van der Waals surface area contributed by atoms with Gasteiger partial charge < -0.3 is 89.1 Å². The Balaban J connectivity index is 1.74. The lowest BCUT2D eigenvalue weighted by Gasteiger charge is -2.49. The van der Waals surface area contributed by atoms with Gasteiger partial charge in [-0.3, -0.25) is 23.4 Å². The maximum Gasteiger partial charge on any atom is 0.472 e. The molecule has 0 amide bonds. The molecule has 18 atom stereocenters. The standard InChI is InChI=1S/C73H133O24P/c1-4-7-10-13-16-19-22-25-28-31-33-36-39-42-45-48-58(76)90-53-56-61(79)63(81)68(86)73(94-56)96-70-66(84)64(82)65(83)69(95-72-67(85)62(80)60(78)55(50-74)93-72)71(70)97-98(87,88)91-52-54(92-59(77)49-46-43-40-37-34-30-27-24-21-18-15-12-9-6-3)51-89-57(75)47-44-41-38-35-32-29-26-23-20-17-14-11-8-5-2/h29-30,32,34,54-56,60-74,78-86H,4-28,31,33,35-53H2,1-3H3,(H,87,88)/b32-29-,34-30-. The average Bonchev–Trinajstić information content (AvgIpc) is 0.763. The molecule has 2 saturated heterocycles. The van der Waals surface area contributed by atoms with E-state index in [1.807, 2.05) is 0 Å². The van der Waals surface area contributed by atoms with Crippen LogP contribution < -0.4 is 0 Å². The van der Waals surface area contributed by atoms with Crippen molar-refractivity contribution >= 4 is 25.7 Å². The quantitative estimate of drug-likeness (QED) is 0.00886. The number of phosphoric ester groups is 1. The SMILES string of the molecule is CCCCCCCCC/C=C\CCCCCC(=O)OCC(COP(=O)(O)OC1C(OC2OC(CO)C(O)C(O)C2O)C(O)C(O)C(O)C1OC1OC(COC(=O)CCCCCCCCCCCCCCCCC)C(O)C(O)C1O)OC(=O)CCCCC/C=C\CCCCCCCCC. The first-order valence-corrected chi connectivity index (χ1v) is 39.6. The van der Waals surface area contributed by atoms with Crippen LogP contribution in [0.15, 0.2) is 24.3 Å². The fourth-order valence-corrected chi connectivity index (χ4v) is 13.4. The van der Waals surface area contributed by atoms with Gasteiger partial charge in [0.25, 0.3) is 0 Å². The molecule has 98 heavy (non-hydrogen) atoms. The first kappa shape index (κ1) is 89.7. The van der Waals surface area contributed by atoms with Crippen LogP contribution in [-0.2, 0) is 61.2 Å². The van der Waals surface area contributed by atoms with Gasteiger partial charge in [-0.25, -0.2) is 4.57 Å². The first-order chi connectivity index (χ1) is 47.3. The Morgan fingerprint density at radius 1 is 0.388 bits per heavy atom. The van der Waals surface area contributed by atoms with Gasteiger partial charge in [0.05, 0.1) is 13.2 Å². The molecule has 0 aromatic carbocycles. The number of esters is 3. The van der Waals surface area contributed by atoms with Crippen molar-refractivity contribution < 1.29 is 117 Å². The number of unbranched alkanes of at least 4 members (excludes halogenated alkanes) is 34. The summed E-state index contributed by atoms with van der Waals surface area (Å²) < 4.78 is 65.0. The third-order valence-corrected chi connectivity index (χ3v) is 19.7. The lowest BCUT2D eigenvalue weighted by Crippen LogP contribution is -2.69. The van der Waals surface area contributed by atoms with Gasteiger partial charge >= 0.3 is 25.7 Å². The summed E-state index contributed by atoms with van der Waals surface area (Å²) in [5, 5.41) is 110. The van der Waals surface area contributed by atoms with Crippen molar-refractivity contribution in [1.29, 1.82) is 0 Å². The second-order valence-corrected chi connectivity index (χ2v) is 28.8. The zero-order chi connectivity index (χ0) is 71.8. The molecule has 0 aromatic rings. The fraction of sp³-hybridized carbons (Fsp3) is 0.904. The largest absolute Gasteiger partial charge is 0.472 e. The van der Waals surface area contributed by atoms with Crippen LogP contribution in [0.2, 0.25) is 0 Å². The first-order valence-electron chi connectivity index (χ1n) is 38.1. The van der Waals surface area contributed by atoms with Crippen molar-refractivity contribution in [3.05, 3.63) is 24.3 Å². The minimum Gasteiger partial charge on any atom is -0.463 e. The normalized spacial score (nSPS) is 27.7. The van der Waals surface area contributed by atoms with E-state index in [1.165, 1.54) is 135 Å². The number of aliphatic hydroxyl groups excluding tert-OH is 10. The van der Waals surface area contributed by atoms with Crippen molar-refractivity contribution in [3.63, 3.8) is 0 Å². The number of carbonyl (C=O) groups excluding carboxylic acids is 3. The monoisotopic (exact) mass is 1420 g/mol. The highest BCUT2D eigenvalue weighted by Gasteiger charge is 2.58. The van der Waals surface area contributed by atoms with Crippen LogP contribution in [0.5, 0.6) is 0 Å². The number of ether oxygens (including phenoxy) is 7. The van der Waals surface area contributed by atoms with Crippen LogP contribution >= 0.6 is 7.82 Å². The molecule has 3 aliphatic rings. The second-order valence-electron chi connectivity index (χ2n) is 27.4. The van der Waals surface area contributed by atoms with E-state index >= 15 is 0 Å². The molecule has 0 aromatic heterocycles. The lowest BCUT2D eigenvalue weighted by atomic mass is 9.84. The molecule has 2 heterocycles. The lowest BCUT2D eigenvalue weighted by molar-refractivity contribution is -0.360. The summed E-state index contributed by atoms with van der Waals surface area (Å²) >= 11 is 0. The van der Waals surface area contributed by atoms with Crippen LogP contribution in [-0.4, -0.2) is 204 Å². The molecule has 1 saturated carbocycles. The molecule has 3 rings (SSSR count). The van der Waals surface area contributed by atoms with Crippen LogP contribution in [0, 0.1) is 0 Å². The highest BCUT2D eigenvalue weighted by molar-refractivity contribution is 7.47. The molecule has 574 valence electrons. The van der Waals surface area contributed by atoms with Crippen LogP contribution in [0.3, 0.4) is 0 Å². The summed E-state index contributed by atoms with van der Waals surface area (Å²) in [6.07, 6.45) is 15.3. The number of carbonyl (C=O) groups is 3. The number of aliphatic hydroxyl groups is 10. The topological polar surface area (TPSA) is 374 Å². The van der Waals surface area contributed by atoms with Gasteiger partial charge in [0.1, 0.15) is 98.7 Å². The van der Waals surface area contributed by atoms with Gasteiger partial charge in [0, 0.05) is 19.3 Å². The van der Waals surface area contributed by atoms with Gasteiger partial charge in [-0.15, -0.1) is 0 Å². The van der Waals surface area contributed by atoms with Crippen molar-refractivity contribution in [2.75, 3.05) is 26.4 Å². The molecule has 0 bridgehead atoms. The second kappa shape index (κ2) is 55.0. The van der Waals surface area contributed by atoms with Crippen molar-refractivity contribution in [1.82, 2.24) is 0 Å². The van der Waals surface area contributed by atoms with Crippen molar-refractivity contribution in [2.45, 2.75) is 395 Å². The maximum atomic E-state index is 14.3. The Labute approximate surface area is 585 Å². The Morgan fingerprint density at radius 3 is 1.11 bits per heavy atom. The maximum absolute atomic E-state index is 14.3. The third kappa shape index (κ3) is 37.7. The molecular weight excluding hydrogens is 1290 g/mol. The number of rotatable bonds is 59. The van der Waals surface area contributed by atoms with Crippen LogP contribution in [0.25, 0.3) is 0 Å². The van der Waals surface area contributed by atoms with E-state index in [-0.39, 0.29) is 19.3 Å². The number of hydrogen-bond acceptors (Lipinski definition) is 23. The summed E-state index contributed by atoms with van der Waals surface area (Å²) in [6.45, 7) is 3.41. The van der Waals surface area contributed by atoms with E-state index in [0.29, 0.717) is 25.7 Å². The summed E-state index contributed by atoms with van der Waals surface area (Å²) in [4.78, 5) is 51.0. The number of hydrogen-bond donors (Lipinski definition) is 11. The highest BCUT2D eigenvalue weighted by Crippen LogP contribution is 2.49. The predicted octanol–water partition coefficient (Wildman–Crippen LogP) is 10.5. The van der Waals surface area contributed by atoms with E-state index in [9.17, 15) is 74.9 Å². The van der Waals surface area contributed by atoms with Gasteiger partial charge in [-0.1, -0.05) is 225 Å². The third-order valence-electron chi connectivity index (χ3n) is 18.7. The summed E-state index contributed by atoms with van der Waals surface area (Å²) in [7, 11) is -5.70. The summed E-state index contributed by atoms with van der Waals surface area (Å²) in [5.74, 6) is -2.02. The van der Waals surface area contributed by atoms with E-state index in [0.717, 1.165) is 89.9 Å².